The van der Waals surface area contributed by atoms with Crippen LogP contribution < -0.4 is 31.1 Å². The summed E-state index contributed by atoms with van der Waals surface area (Å²) in [6.07, 6.45) is 12.8. The van der Waals surface area contributed by atoms with Crippen molar-refractivity contribution in [2.45, 2.75) is 83.7 Å². The van der Waals surface area contributed by atoms with Gasteiger partial charge >= 0.3 is 0 Å². The molecule has 7 aromatic rings. The zero-order valence-corrected chi connectivity index (χ0v) is 43.4. The summed E-state index contributed by atoms with van der Waals surface area (Å²) in [6, 6.07) is 29.7. The number of aromatic nitrogens is 3. The number of nitrogens with zero attached hydrogens (tertiary/aromatic N) is 6. The molecule has 374 valence electrons. The lowest BCUT2D eigenvalue weighted by Crippen LogP contribution is -2.41. The second-order valence-corrected chi connectivity index (χ2v) is 22.1. The summed E-state index contributed by atoms with van der Waals surface area (Å²) >= 11 is 1.65. The van der Waals surface area contributed by atoms with Gasteiger partial charge in [0.2, 0.25) is 0 Å². The van der Waals surface area contributed by atoms with Gasteiger partial charge < -0.3 is 29.9 Å². The molecule has 4 aliphatic heterocycles. The lowest BCUT2D eigenvalue weighted by molar-refractivity contribution is 0.146. The second kappa shape index (κ2) is 20.6. The summed E-state index contributed by atoms with van der Waals surface area (Å²) in [5, 5.41) is 11.2. The summed E-state index contributed by atoms with van der Waals surface area (Å²) < 4.78 is 19.1. The SMILES string of the molecule is C=Cc1nc(N2CCc3cccc(C(=C)Nc4nc5ccccc5s4)c3C2)ccc1-c1cccc(CCCC2CCN(CC3CCN(c4cc5c(=C)n(C6CCC(=C)NC6=C)c(=C)c5cc4F)CC3)CC2)c1C. The minimum atomic E-state index is -0.176. The normalized spacial score (nSPS) is 18.1. The van der Waals surface area contributed by atoms with E-state index in [1.54, 1.807) is 17.4 Å². The van der Waals surface area contributed by atoms with Gasteiger partial charge in [-0.25, -0.2) is 14.4 Å². The number of benzene rings is 4. The average molecular weight is 989 g/mol. The Balaban J connectivity index is 0.660. The van der Waals surface area contributed by atoms with Crippen LogP contribution in [0.2, 0.25) is 0 Å². The number of rotatable bonds is 14. The van der Waals surface area contributed by atoms with Crippen LogP contribution in [0.4, 0.5) is 21.0 Å². The molecule has 7 heterocycles. The molecule has 10 heteroatoms. The molecule has 0 aliphatic carbocycles. The van der Waals surface area contributed by atoms with Crippen molar-refractivity contribution < 1.29 is 4.39 Å². The maximum absolute atomic E-state index is 15.8. The summed E-state index contributed by atoms with van der Waals surface area (Å²) in [5.74, 6) is 2.20. The molecular formula is C63H69FN8S. The largest absolute Gasteiger partial charge is 0.369 e. The summed E-state index contributed by atoms with van der Waals surface area (Å²) in [4.78, 5) is 17.4. The molecule has 0 bridgehead atoms. The number of nitrogens with one attached hydrogen (secondary N) is 2. The van der Waals surface area contributed by atoms with Gasteiger partial charge in [0.05, 0.1) is 27.6 Å². The molecule has 3 aromatic heterocycles. The maximum Gasteiger partial charge on any atom is 0.188 e. The van der Waals surface area contributed by atoms with Gasteiger partial charge in [-0.1, -0.05) is 106 Å². The summed E-state index contributed by atoms with van der Waals surface area (Å²) in [5.41, 5.74) is 14.2. The third-order valence-electron chi connectivity index (χ3n) is 16.6. The van der Waals surface area contributed by atoms with Gasteiger partial charge in [0.25, 0.3) is 0 Å². The van der Waals surface area contributed by atoms with Gasteiger partial charge in [-0.2, -0.15) is 0 Å². The minimum Gasteiger partial charge on any atom is -0.369 e. The van der Waals surface area contributed by atoms with Crippen LogP contribution in [0, 0.1) is 24.6 Å². The molecule has 0 amide bonds. The zero-order valence-electron chi connectivity index (χ0n) is 42.6. The van der Waals surface area contributed by atoms with Gasteiger partial charge in [-0.15, -0.1) is 0 Å². The van der Waals surface area contributed by atoms with E-state index in [4.69, 9.17) is 9.97 Å². The van der Waals surface area contributed by atoms with Crippen LogP contribution in [-0.4, -0.2) is 58.7 Å². The minimum absolute atomic E-state index is 0.0216. The molecule has 3 fully saturated rings. The number of aryl methyl sites for hydroxylation is 1. The number of allylic oxidation sites excluding steroid dienone is 2. The van der Waals surface area contributed by atoms with Crippen molar-refractivity contribution in [3.8, 4) is 11.1 Å². The Morgan fingerprint density at radius 3 is 2.36 bits per heavy atom. The molecule has 4 aromatic carbocycles. The number of pyridine rings is 1. The molecule has 0 spiro atoms. The number of likely N-dealkylation sites (tertiary alicyclic amines) is 1. The van der Waals surface area contributed by atoms with E-state index in [9.17, 15) is 0 Å². The Hall–Kier alpha value is -6.75. The molecule has 73 heavy (non-hydrogen) atoms. The number of hydrogen-bond acceptors (Lipinski definition) is 8. The number of thiazole rings is 1. The Kier molecular flexibility index (Phi) is 13.7. The first-order valence-electron chi connectivity index (χ1n) is 26.5. The van der Waals surface area contributed by atoms with Crippen LogP contribution >= 0.6 is 11.3 Å². The second-order valence-electron chi connectivity index (χ2n) is 21.1. The van der Waals surface area contributed by atoms with E-state index in [1.165, 1.54) is 66.6 Å². The average Bonchev–Trinajstić information content (AvgIpc) is 3.92. The summed E-state index contributed by atoms with van der Waals surface area (Å²) in [7, 11) is 0. The van der Waals surface area contributed by atoms with E-state index in [0.29, 0.717) is 11.6 Å². The third kappa shape index (κ3) is 9.79. The lowest BCUT2D eigenvalue weighted by atomic mass is 9.88. The zero-order chi connectivity index (χ0) is 50.3. The van der Waals surface area contributed by atoms with Gasteiger partial charge in [-0.3, -0.25) is 0 Å². The highest BCUT2D eigenvalue weighted by Gasteiger charge is 2.29. The van der Waals surface area contributed by atoms with Crippen molar-refractivity contribution in [1.82, 2.24) is 24.8 Å². The first kappa shape index (κ1) is 48.5. The number of piperidine rings is 3. The predicted octanol–water partition coefficient (Wildman–Crippen LogP) is 12.8. The van der Waals surface area contributed by atoms with Crippen molar-refractivity contribution in [1.29, 1.82) is 0 Å². The Bertz CT molecular complexity index is 3350. The van der Waals surface area contributed by atoms with Crippen LogP contribution in [0.5, 0.6) is 0 Å². The van der Waals surface area contributed by atoms with Crippen molar-refractivity contribution in [3.05, 3.63) is 173 Å². The lowest BCUT2D eigenvalue weighted by Gasteiger charge is -2.38. The van der Waals surface area contributed by atoms with Crippen molar-refractivity contribution in [2.75, 3.05) is 54.4 Å². The van der Waals surface area contributed by atoms with E-state index in [0.717, 1.165) is 154 Å². The highest BCUT2D eigenvalue weighted by atomic mass is 32.1. The molecule has 4 aliphatic rings. The van der Waals surface area contributed by atoms with Crippen LogP contribution in [0.1, 0.15) is 90.9 Å². The Labute approximate surface area is 434 Å². The molecule has 0 radical (unpaired) electrons. The number of hydrogen-bond donors (Lipinski definition) is 2. The third-order valence-corrected chi connectivity index (χ3v) is 17.6. The number of anilines is 3. The van der Waals surface area contributed by atoms with E-state index in [-0.39, 0.29) is 11.9 Å². The molecule has 1 atom stereocenters. The number of halogens is 1. The van der Waals surface area contributed by atoms with Gasteiger partial charge in [0.15, 0.2) is 5.13 Å². The van der Waals surface area contributed by atoms with Crippen LogP contribution in [0.3, 0.4) is 0 Å². The highest BCUT2D eigenvalue weighted by Crippen LogP contribution is 2.37. The fourth-order valence-corrected chi connectivity index (χ4v) is 13.3. The molecule has 8 nitrogen and oxygen atoms in total. The molecule has 11 rings (SSSR count). The topological polar surface area (TPSA) is 64.5 Å². The molecular weight excluding hydrogens is 920 g/mol. The predicted molar refractivity (Wildman–Crippen MR) is 307 cm³/mol. The Morgan fingerprint density at radius 2 is 1.58 bits per heavy atom. The molecule has 0 saturated carbocycles. The van der Waals surface area contributed by atoms with Gasteiger partial charge in [0, 0.05) is 82.4 Å². The first-order chi connectivity index (χ1) is 35.5. The van der Waals surface area contributed by atoms with Crippen molar-refractivity contribution >= 4 is 73.9 Å². The molecule has 3 saturated heterocycles. The van der Waals surface area contributed by atoms with E-state index >= 15 is 4.39 Å². The van der Waals surface area contributed by atoms with Gasteiger partial charge in [-0.05, 0) is 160 Å². The Morgan fingerprint density at radius 1 is 0.808 bits per heavy atom. The smallest absolute Gasteiger partial charge is 0.188 e. The van der Waals surface area contributed by atoms with E-state index in [1.807, 2.05) is 24.3 Å². The maximum atomic E-state index is 15.8. The number of fused-ring (bicyclic) bond motifs is 3. The highest BCUT2D eigenvalue weighted by molar-refractivity contribution is 7.22. The standard InChI is InChI=1S/C63H69FN8S/c1-8-57-52(23-25-62(67-57)71-35-30-49-17-13-19-51(55(49)39-71)42(4)66-63-68-58-20-9-10-21-61(58)73-63)50-18-12-16-48(41(50)3)15-11-14-46-26-31-69(32-27-46)38-47-28-33-70(34-29-47)60-37-54-45(7)72(44(6)53(54)36-56(60)64)59-24-22-40(2)65-43(59)5/h8-10,12-13,16-21,23,25,36-37,46-47,59,65H,1-2,4-7,11,14-15,22,24,26-35,38-39H2,3H3,(H,66,68). The van der Waals surface area contributed by atoms with Crippen LogP contribution in [0.15, 0.2) is 123 Å². The van der Waals surface area contributed by atoms with Crippen molar-refractivity contribution in [3.63, 3.8) is 0 Å². The van der Waals surface area contributed by atoms with Crippen LogP contribution in [0.25, 0.3) is 57.0 Å². The van der Waals surface area contributed by atoms with Gasteiger partial charge in [0.1, 0.15) is 11.6 Å². The van der Waals surface area contributed by atoms with E-state index < -0.39 is 0 Å². The summed E-state index contributed by atoms with van der Waals surface area (Å²) in [6.45, 7) is 35.0. The monoisotopic (exact) mass is 989 g/mol. The fourth-order valence-electron chi connectivity index (χ4n) is 12.4. The molecule has 1 unspecified atom stereocenters. The van der Waals surface area contributed by atoms with Crippen molar-refractivity contribution in [2.24, 2.45) is 11.8 Å². The first-order valence-corrected chi connectivity index (χ1v) is 27.3. The van der Waals surface area contributed by atoms with Crippen LogP contribution in [-0.2, 0) is 19.4 Å². The quantitative estimate of drug-likeness (QED) is 0.113. The fraction of sp³-hybridized carbons (Fsp3) is 0.333. The number of para-hydroxylation sites is 1. The molecule has 2 N–H and O–H groups in total. The van der Waals surface area contributed by atoms with E-state index in [2.05, 4.69) is 137 Å².